The second kappa shape index (κ2) is 4.39. The Morgan fingerprint density at radius 2 is 2.23 bits per heavy atom. The van der Waals surface area contributed by atoms with Gasteiger partial charge in [0.1, 0.15) is 0 Å². The lowest BCUT2D eigenvalue weighted by Crippen LogP contribution is -2.51. The SMILES string of the molecule is CCCS(=O)(=O)N1CCN[C@@H](C)C1. The molecule has 0 aromatic carbocycles. The molecule has 1 saturated heterocycles. The van der Waals surface area contributed by atoms with Gasteiger partial charge in [0, 0.05) is 25.7 Å². The van der Waals surface area contributed by atoms with Gasteiger partial charge in [0.25, 0.3) is 0 Å². The van der Waals surface area contributed by atoms with E-state index in [4.69, 9.17) is 0 Å². The maximum absolute atomic E-state index is 11.6. The van der Waals surface area contributed by atoms with Crippen LogP contribution in [0.4, 0.5) is 0 Å². The van der Waals surface area contributed by atoms with Gasteiger partial charge in [-0.05, 0) is 13.3 Å². The molecule has 0 radical (unpaired) electrons. The Hall–Kier alpha value is -0.130. The van der Waals surface area contributed by atoms with E-state index in [1.165, 1.54) is 0 Å². The van der Waals surface area contributed by atoms with Gasteiger partial charge in [-0.1, -0.05) is 6.92 Å². The van der Waals surface area contributed by atoms with Crippen molar-refractivity contribution in [1.82, 2.24) is 9.62 Å². The molecular weight excluding hydrogens is 188 g/mol. The quantitative estimate of drug-likeness (QED) is 0.708. The van der Waals surface area contributed by atoms with Gasteiger partial charge in [0.2, 0.25) is 10.0 Å². The molecule has 13 heavy (non-hydrogen) atoms. The van der Waals surface area contributed by atoms with Crippen LogP contribution in [0.15, 0.2) is 0 Å². The van der Waals surface area contributed by atoms with Crippen molar-refractivity contribution in [2.24, 2.45) is 0 Å². The Morgan fingerprint density at radius 1 is 1.54 bits per heavy atom. The number of nitrogens with one attached hydrogen (secondary N) is 1. The maximum atomic E-state index is 11.6. The van der Waals surface area contributed by atoms with Crippen molar-refractivity contribution in [2.75, 3.05) is 25.4 Å². The molecule has 78 valence electrons. The summed E-state index contributed by atoms with van der Waals surface area (Å²) in [5.41, 5.74) is 0. The molecule has 0 saturated carbocycles. The third-order valence-electron chi connectivity index (χ3n) is 2.19. The Morgan fingerprint density at radius 3 is 2.77 bits per heavy atom. The standard InChI is InChI=1S/C8H18N2O2S/c1-3-6-13(11,12)10-5-4-9-8(2)7-10/h8-9H,3-7H2,1-2H3/t8-/m0/s1. The third-order valence-corrected chi connectivity index (χ3v) is 4.23. The molecule has 0 aromatic rings. The average molecular weight is 206 g/mol. The van der Waals surface area contributed by atoms with E-state index in [0.29, 0.717) is 19.5 Å². The van der Waals surface area contributed by atoms with E-state index < -0.39 is 10.0 Å². The highest BCUT2D eigenvalue weighted by Gasteiger charge is 2.25. The molecule has 1 N–H and O–H groups in total. The van der Waals surface area contributed by atoms with Gasteiger partial charge in [-0.15, -0.1) is 0 Å². The van der Waals surface area contributed by atoms with E-state index in [2.05, 4.69) is 5.32 Å². The summed E-state index contributed by atoms with van der Waals surface area (Å²) < 4.78 is 24.9. The Kier molecular flexibility index (Phi) is 3.70. The van der Waals surface area contributed by atoms with Crippen LogP contribution in [-0.2, 0) is 10.0 Å². The van der Waals surface area contributed by atoms with Crippen LogP contribution in [0.25, 0.3) is 0 Å². The van der Waals surface area contributed by atoms with Crippen molar-refractivity contribution in [3.8, 4) is 0 Å². The number of nitrogens with zero attached hydrogens (tertiary/aromatic N) is 1. The summed E-state index contributed by atoms with van der Waals surface area (Å²) in [6.07, 6.45) is 0.695. The monoisotopic (exact) mass is 206 g/mol. The fourth-order valence-electron chi connectivity index (χ4n) is 1.54. The molecule has 1 aliphatic heterocycles. The number of piperazine rings is 1. The van der Waals surface area contributed by atoms with Crippen molar-refractivity contribution < 1.29 is 8.42 Å². The molecule has 0 spiro atoms. The largest absolute Gasteiger partial charge is 0.312 e. The first-order valence-corrected chi connectivity index (χ1v) is 6.38. The predicted octanol–water partition coefficient (Wildman–Crippen LogP) is 0.0199. The number of hydrogen-bond donors (Lipinski definition) is 1. The first-order valence-electron chi connectivity index (χ1n) is 4.77. The fraction of sp³-hybridized carbons (Fsp3) is 1.00. The highest BCUT2D eigenvalue weighted by Crippen LogP contribution is 2.07. The number of hydrogen-bond acceptors (Lipinski definition) is 3. The van der Waals surface area contributed by atoms with Gasteiger partial charge >= 0.3 is 0 Å². The molecule has 1 heterocycles. The van der Waals surface area contributed by atoms with E-state index in [1.54, 1.807) is 4.31 Å². The maximum Gasteiger partial charge on any atom is 0.214 e. The van der Waals surface area contributed by atoms with Crippen molar-refractivity contribution >= 4 is 10.0 Å². The van der Waals surface area contributed by atoms with Crippen molar-refractivity contribution in [3.63, 3.8) is 0 Å². The zero-order valence-electron chi connectivity index (χ0n) is 8.28. The van der Waals surface area contributed by atoms with Crippen LogP contribution in [0.3, 0.4) is 0 Å². The van der Waals surface area contributed by atoms with Gasteiger partial charge in [0.05, 0.1) is 5.75 Å². The molecular formula is C8H18N2O2S. The first kappa shape index (κ1) is 10.9. The zero-order valence-corrected chi connectivity index (χ0v) is 9.10. The Bertz CT molecular complexity index is 251. The molecule has 0 bridgehead atoms. The molecule has 4 nitrogen and oxygen atoms in total. The van der Waals surface area contributed by atoms with Crippen molar-refractivity contribution in [1.29, 1.82) is 0 Å². The van der Waals surface area contributed by atoms with E-state index in [0.717, 1.165) is 6.54 Å². The highest BCUT2D eigenvalue weighted by molar-refractivity contribution is 7.89. The molecule has 0 aliphatic carbocycles. The molecule has 1 fully saturated rings. The summed E-state index contributed by atoms with van der Waals surface area (Å²) in [6, 6.07) is 0.278. The molecule has 1 atom stereocenters. The molecule has 5 heteroatoms. The highest BCUT2D eigenvalue weighted by atomic mass is 32.2. The van der Waals surface area contributed by atoms with Crippen molar-refractivity contribution in [3.05, 3.63) is 0 Å². The predicted molar refractivity (Wildman–Crippen MR) is 53.1 cm³/mol. The third kappa shape index (κ3) is 2.93. The van der Waals surface area contributed by atoms with Gasteiger partial charge in [-0.2, -0.15) is 4.31 Å². The lowest BCUT2D eigenvalue weighted by Gasteiger charge is -2.30. The summed E-state index contributed by atoms with van der Waals surface area (Å²) >= 11 is 0. The van der Waals surface area contributed by atoms with Crippen LogP contribution < -0.4 is 5.32 Å². The molecule has 0 amide bonds. The molecule has 0 unspecified atom stereocenters. The topological polar surface area (TPSA) is 49.4 Å². The molecule has 1 rings (SSSR count). The lowest BCUT2D eigenvalue weighted by molar-refractivity contribution is 0.310. The lowest BCUT2D eigenvalue weighted by atomic mass is 10.3. The van der Waals surface area contributed by atoms with E-state index in [1.807, 2.05) is 13.8 Å². The smallest absolute Gasteiger partial charge is 0.214 e. The summed E-state index contributed by atoms with van der Waals surface area (Å²) in [4.78, 5) is 0. The fourth-order valence-corrected chi connectivity index (χ4v) is 3.13. The minimum absolute atomic E-state index is 0.277. The molecule has 0 aromatic heterocycles. The second-order valence-corrected chi connectivity index (χ2v) is 5.62. The van der Waals surface area contributed by atoms with Crippen LogP contribution >= 0.6 is 0 Å². The van der Waals surface area contributed by atoms with Crippen LogP contribution in [0.2, 0.25) is 0 Å². The second-order valence-electron chi connectivity index (χ2n) is 3.53. The van der Waals surface area contributed by atoms with Crippen LogP contribution in [0.1, 0.15) is 20.3 Å². The van der Waals surface area contributed by atoms with Gasteiger partial charge < -0.3 is 5.32 Å². The van der Waals surface area contributed by atoms with E-state index in [-0.39, 0.29) is 11.8 Å². The van der Waals surface area contributed by atoms with Crippen LogP contribution in [0, 0.1) is 0 Å². The Labute approximate surface area is 80.4 Å². The van der Waals surface area contributed by atoms with E-state index in [9.17, 15) is 8.42 Å². The van der Waals surface area contributed by atoms with Crippen molar-refractivity contribution in [2.45, 2.75) is 26.3 Å². The van der Waals surface area contributed by atoms with Crippen LogP contribution in [0.5, 0.6) is 0 Å². The van der Waals surface area contributed by atoms with Gasteiger partial charge in [-0.3, -0.25) is 0 Å². The minimum atomic E-state index is -2.97. The van der Waals surface area contributed by atoms with Gasteiger partial charge in [0.15, 0.2) is 0 Å². The first-order chi connectivity index (χ1) is 6.06. The van der Waals surface area contributed by atoms with Crippen LogP contribution in [-0.4, -0.2) is 44.2 Å². The normalized spacial score (nSPS) is 26.2. The Balaban J connectivity index is 2.60. The summed E-state index contributed by atoms with van der Waals surface area (Å²) in [5.74, 6) is 0.277. The molecule has 1 aliphatic rings. The van der Waals surface area contributed by atoms with Gasteiger partial charge in [-0.25, -0.2) is 8.42 Å². The summed E-state index contributed by atoms with van der Waals surface area (Å²) in [7, 11) is -2.97. The zero-order chi connectivity index (χ0) is 9.90. The number of rotatable bonds is 3. The summed E-state index contributed by atoms with van der Waals surface area (Å²) in [6.45, 7) is 5.90. The number of sulfonamides is 1. The minimum Gasteiger partial charge on any atom is -0.312 e. The van der Waals surface area contributed by atoms with E-state index >= 15 is 0 Å². The average Bonchev–Trinajstić information content (AvgIpc) is 2.04. The summed E-state index contributed by atoms with van der Waals surface area (Å²) in [5, 5.41) is 3.22.